The van der Waals surface area contributed by atoms with Crippen LogP contribution in [0.1, 0.15) is 25.3 Å². The first-order chi connectivity index (χ1) is 9.98. The van der Waals surface area contributed by atoms with E-state index in [4.69, 9.17) is 10.5 Å². The lowest BCUT2D eigenvalue weighted by atomic mass is 10.0. The van der Waals surface area contributed by atoms with E-state index in [1.54, 1.807) is 29.6 Å². The predicted molar refractivity (Wildman–Crippen MR) is 83.6 cm³/mol. The van der Waals surface area contributed by atoms with Gasteiger partial charge in [0, 0.05) is 25.9 Å². The molecular formula is C15H24N2O3S. The number of rotatable bonds is 5. The second-order valence-electron chi connectivity index (χ2n) is 5.54. The summed E-state index contributed by atoms with van der Waals surface area (Å²) in [6, 6.07) is 5.04. The molecule has 1 heterocycles. The van der Waals surface area contributed by atoms with E-state index >= 15 is 0 Å². The minimum Gasteiger partial charge on any atom is -0.398 e. The van der Waals surface area contributed by atoms with Gasteiger partial charge in [-0.1, -0.05) is 13.0 Å². The van der Waals surface area contributed by atoms with Crippen LogP contribution in [0.25, 0.3) is 0 Å². The van der Waals surface area contributed by atoms with Gasteiger partial charge in [0.2, 0.25) is 10.0 Å². The van der Waals surface area contributed by atoms with Gasteiger partial charge in [-0.3, -0.25) is 0 Å². The summed E-state index contributed by atoms with van der Waals surface area (Å²) in [5.41, 5.74) is 7.45. The Hall–Kier alpha value is -1.11. The highest BCUT2D eigenvalue weighted by Crippen LogP contribution is 2.26. The molecular weight excluding hydrogens is 288 g/mol. The monoisotopic (exact) mass is 312 g/mol. The number of methoxy groups -OCH3 is 1. The Labute approximate surface area is 127 Å². The SMILES string of the molecule is CCc1ccc(S(=O)(=O)N2CCCC(COC)C2)cc1N. The van der Waals surface area contributed by atoms with Crippen molar-refractivity contribution in [1.82, 2.24) is 4.31 Å². The molecule has 0 aliphatic carbocycles. The molecule has 5 nitrogen and oxygen atoms in total. The van der Waals surface area contributed by atoms with Gasteiger partial charge in [-0.05, 0) is 42.9 Å². The number of nitrogens with zero attached hydrogens (tertiary/aromatic N) is 1. The molecule has 118 valence electrons. The summed E-state index contributed by atoms with van der Waals surface area (Å²) in [5, 5.41) is 0. The van der Waals surface area contributed by atoms with Crippen LogP contribution in [0.5, 0.6) is 0 Å². The van der Waals surface area contributed by atoms with Crippen molar-refractivity contribution in [2.24, 2.45) is 5.92 Å². The molecule has 1 aromatic rings. The minimum absolute atomic E-state index is 0.269. The zero-order valence-electron chi connectivity index (χ0n) is 12.7. The van der Waals surface area contributed by atoms with E-state index in [9.17, 15) is 8.42 Å². The lowest BCUT2D eigenvalue weighted by Gasteiger charge is -2.31. The third-order valence-electron chi connectivity index (χ3n) is 4.02. The van der Waals surface area contributed by atoms with E-state index in [1.807, 2.05) is 6.92 Å². The molecule has 0 amide bonds. The second-order valence-corrected chi connectivity index (χ2v) is 7.48. The maximum absolute atomic E-state index is 12.7. The van der Waals surface area contributed by atoms with Gasteiger partial charge in [0.25, 0.3) is 0 Å². The maximum Gasteiger partial charge on any atom is 0.243 e. The highest BCUT2D eigenvalue weighted by molar-refractivity contribution is 7.89. The fraction of sp³-hybridized carbons (Fsp3) is 0.600. The van der Waals surface area contributed by atoms with Gasteiger partial charge in [0.15, 0.2) is 0 Å². The fourth-order valence-electron chi connectivity index (χ4n) is 2.82. The number of ether oxygens (including phenoxy) is 1. The van der Waals surface area contributed by atoms with E-state index in [1.165, 1.54) is 0 Å². The third kappa shape index (κ3) is 3.56. The van der Waals surface area contributed by atoms with E-state index in [0.717, 1.165) is 24.8 Å². The molecule has 0 bridgehead atoms. The Morgan fingerprint density at radius 2 is 2.19 bits per heavy atom. The van der Waals surface area contributed by atoms with Crippen LogP contribution in [0.2, 0.25) is 0 Å². The molecule has 21 heavy (non-hydrogen) atoms. The van der Waals surface area contributed by atoms with Crippen LogP contribution >= 0.6 is 0 Å². The van der Waals surface area contributed by atoms with Gasteiger partial charge in [0.05, 0.1) is 11.5 Å². The number of piperidine rings is 1. The molecule has 6 heteroatoms. The Kier molecular flexibility index (Phi) is 5.24. The highest BCUT2D eigenvalue weighted by atomic mass is 32.2. The highest BCUT2D eigenvalue weighted by Gasteiger charge is 2.30. The van der Waals surface area contributed by atoms with Crippen molar-refractivity contribution >= 4 is 15.7 Å². The van der Waals surface area contributed by atoms with E-state index in [2.05, 4.69) is 0 Å². The molecule has 1 unspecified atom stereocenters. The molecule has 1 aromatic carbocycles. The molecule has 1 saturated heterocycles. The van der Waals surface area contributed by atoms with Crippen molar-refractivity contribution in [2.45, 2.75) is 31.1 Å². The minimum atomic E-state index is -3.46. The number of hydrogen-bond acceptors (Lipinski definition) is 4. The standard InChI is InChI=1S/C15H24N2O3S/c1-3-13-6-7-14(9-15(13)16)21(18,19)17-8-4-5-12(10-17)11-20-2/h6-7,9,12H,3-5,8,10-11,16H2,1-2H3. The zero-order chi connectivity index (χ0) is 15.5. The van der Waals surface area contributed by atoms with E-state index < -0.39 is 10.0 Å². The second kappa shape index (κ2) is 6.77. The fourth-order valence-corrected chi connectivity index (χ4v) is 4.41. The van der Waals surface area contributed by atoms with Crippen LogP contribution in [-0.2, 0) is 21.2 Å². The van der Waals surface area contributed by atoms with Gasteiger partial charge in [-0.25, -0.2) is 8.42 Å². The summed E-state index contributed by atoms with van der Waals surface area (Å²) in [7, 11) is -1.81. The smallest absolute Gasteiger partial charge is 0.243 e. The van der Waals surface area contributed by atoms with Crippen molar-refractivity contribution in [3.8, 4) is 0 Å². The quantitative estimate of drug-likeness (QED) is 0.843. The van der Waals surface area contributed by atoms with Gasteiger partial charge in [-0.15, -0.1) is 0 Å². The van der Waals surface area contributed by atoms with Gasteiger partial charge in [-0.2, -0.15) is 4.31 Å². The lowest BCUT2D eigenvalue weighted by Crippen LogP contribution is -2.41. The molecule has 2 rings (SSSR count). The topological polar surface area (TPSA) is 72.6 Å². The van der Waals surface area contributed by atoms with Crippen LogP contribution in [0, 0.1) is 5.92 Å². The first kappa shape index (κ1) is 16.3. The normalized spacial score (nSPS) is 20.6. The number of anilines is 1. The van der Waals surface area contributed by atoms with Crippen LogP contribution in [0.15, 0.2) is 23.1 Å². The molecule has 0 spiro atoms. The molecule has 1 aliphatic heterocycles. The van der Waals surface area contributed by atoms with Gasteiger partial charge < -0.3 is 10.5 Å². The molecule has 0 aromatic heterocycles. The van der Waals surface area contributed by atoms with Crippen molar-refractivity contribution in [1.29, 1.82) is 0 Å². The largest absolute Gasteiger partial charge is 0.398 e. The molecule has 1 fully saturated rings. The summed E-state index contributed by atoms with van der Waals surface area (Å²) in [4.78, 5) is 0.287. The molecule has 1 aliphatic rings. The first-order valence-corrected chi connectivity index (χ1v) is 8.80. The summed E-state index contributed by atoms with van der Waals surface area (Å²) in [5.74, 6) is 0.269. The number of nitrogen functional groups attached to an aromatic ring is 1. The Morgan fingerprint density at radius 1 is 1.43 bits per heavy atom. The molecule has 2 N–H and O–H groups in total. The summed E-state index contributed by atoms with van der Waals surface area (Å²) in [6.45, 7) is 3.69. The average molecular weight is 312 g/mol. The Bertz CT molecular complexity index is 585. The number of hydrogen-bond donors (Lipinski definition) is 1. The van der Waals surface area contributed by atoms with Gasteiger partial charge >= 0.3 is 0 Å². The van der Waals surface area contributed by atoms with Gasteiger partial charge in [0.1, 0.15) is 0 Å². The summed E-state index contributed by atoms with van der Waals surface area (Å²) in [6.07, 6.45) is 2.68. The van der Waals surface area contributed by atoms with Crippen LogP contribution in [0.4, 0.5) is 5.69 Å². The first-order valence-electron chi connectivity index (χ1n) is 7.36. The molecule has 0 saturated carbocycles. The van der Waals surface area contributed by atoms with Crippen molar-refractivity contribution in [3.63, 3.8) is 0 Å². The van der Waals surface area contributed by atoms with Crippen molar-refractivity contribution < 1.29 is 13.2 Å². The number of benzene rings is 1. The average Bonchev–Trinajstić information content (AvgIpc) is 2.48. The zero-order valence-corrected chi connectivity index (χ0v) is 13.5. The van der Waals surface area contributed by atoms with Crippen LogP contribution in [0.3, 0.4) is 0 Å². The number of nitrogens with two attached hydrogens (primary N) is 1. The molecule has 0 radical (unpaired) electrons. The summed E-state index contributed by atoms with van der Waals surface area (Å²) >= 11 is 0. The Morgan fingerprint density at radius 3 is 2.81 bits per heavy atom. The van der Waals surface area contributed by atoms with Crippen molar-refractivity contribution in [3.05, 3.63) is 23.8 Å². The predicted octanol–water partition coefficient (Wildman–Crippen LogP) is 1.88. The van der Waals surface area contributed by atoms with Crippen LogP contribution < -0.4 is 5.73 Å². The third-order valence-corrected chi connectivity index (χ3v) is 5.88. The van der Waals surface area contributed by atoms with E-state index in [-0.39, 0.29) is 10.8 Å². The maximum atomic E-state index is 12.7. The number of aryl methyl sites for hydroxylation is 1. The summed E-state index contributed by atoms with van der Waals surface area (Å²) < 4.78 is 32.1. The van der Waals surface area contributed by atoms with Crippen LogP contribution in [-0.4, -0.2) is 39.5 Å². The molecule has 1 atom stereocenters. The van der Waals surface area contributed by atoms with E-state index in [0.29, 0.717) is 25.4 Å². The lowest BCUT2D eigenvalue weighted by molar-refractivity contribution is 0.118. The number of sulfonamides is 1. The van der Waals surface area contributed by atoms with Crippen molar-refractivity contribution in [2.75, 3.05) is 32.5 Å². The Balaban J connectivity index is 2.23.